The van der Waals surface area contributed by atoms with Crippen molar-refractivity contribution < 1.29 is 35.5 Å². The molecule has 0 spiro atoms. The van der Waals surface area contributed by atoms with E-state index in [4.69, 9.17) is 4.74 Å². The van der Waals surface area contributed by atoms with Gasteiger partial charge in [-0.2, -0.15) is 0 Å². The number of aryl methyl sites for hydroxylation is 1. The smallest absolute Gasteiger partial charge is 0.276 e. The fourth-order valence-electron chi connectivity index (χ4n) is 2.79. The Balaban J connectivity index is 2.02. The molecule has 1 aliphatic rings. The van der Waals surface area contributed by atoms with Crippen LogP contribution >= 0.6 is 0 Å². The molecule has 0 radical (unpaired) electrons. The number of amides is 1. The van der Waals surface area contributed by atoms with Crippen LogP contribution in [0.15, 0.2) is 23.2 Å². The van der Waals surface area contributed by atoms with Crippen molar-refractivity contribution in [1.29, 1.82) is 0 Å². The van der Waals surface area contributed by atoms with Crippen LogP contribution in [0.1, 0.15) is 29.4 Å². The third-order valence-corrected chi connectivity index (χ3v) is 5.62. The van der Waals surface area contributed by atoms with E-state index in [-0.39, 0.29) is 22.9 Å². The Bertz CT molecular complexity index is 1050. The predicted molar refractivity (Wildman–Crippen MR) is 90.0 cm³/mol. The van der Waals surface area contributed by atoms with Gasteiger partial charge >= 0.3 is 0 Å². The van der Waals surface area contributed by atoms with E-state index in [2.05, 4.69) is 10.0 Å². The number of sulfonamides is 1. The van der Waals surface area contributed by atoms with Gasteiger partial charge in [0, 0.05) is 13.2 Å². The van der Waals surface area contributed by atoms with Crippen molar-refractivity contribution in [2.45, 2.75) is 24.3 Å². The Morgan fingerprint density at radius 3 is 2.68 bits per heavy atom. The number of fused-ring (bicyclic) bond motifs is 1. The largest absolute Gasteiger partial charge is 0.488 e. The minimum Gasteiger partial charge on any atom is -0.488 e. The zero-order valence-electron chi connectivity index (χ0n) is 14.6. The number of rotatable bonds is 3. The Labute approximate surface area is 157 Å². The molecule has 0 saturated carbocycles. The predicted octanol–water partition coefficient (Wildman–Crippen LogP) is 2.55. The molecule has 12 heteroatoms. The van der Waals surface area contributed by atoms with Gasteiger partial charge in [-0.1, -0.05) is 0 Å². The quantitative estimate of drug-likeness (QED) is 0.746. The van der Waals surface area contributed by atoms with Crippen LogP contribution in [0.5, 0.6) is 5.75 Å². The molecule has 28 heavy (non-hydrogen) atoms. The summed E-state index contributed by atoms with van der Waals surface area (Å²) in [5.74, 6) is -4.34. The molecule has 7 nitrogen and oxygen atoms in total. The number of alkyl halides is 2. The first-order chi connectivity index (χ1) is 13.0. The van der Waals surface area contributed by atoms with Crippen LogP contribution in [0.2, 0.25) is 0 Å². The number of carbonyl (C=O) groups excluding carboxylic acids is 1. The van der Waals surface area contributed by atoms with Crippen LogP contribution < -0.4 is 14.8 Å². The van der Waals surface area contributed by atoms with Crippen molar-refractivity contribution in [3.05, 3.63) is 41.2 Å². The summed E-state index contributed by atoms with van der Waals surface area (Å²) in [7, 11) is -2.61. The Morgan fingerprint density at radius 1 is 1.36 bits per heavy atom. The van der Waals surface area contributed by atoms with Crippen LogP contribution in [-0.4, -0.2) is 31.5 Å². The molecule has 152 valence electrons. The number of anilines is 1. The minimum atomic E-state index is -3.97. The van der Waals surface area contributed by atoms with E-state index in [1.54, 1.807) is 6.92 Å². The lowest BCUT2D eigenvalue weighted by Crippen LogP contribution is -2.34. The van der Waals surface area contributed by atoms with Crippen LogP contribution in [0.25, 0.3) is 0 Å². The molecule has 2 aromatic rings. The van der Waals surface area contributed by atoms with Gasteiger partial charge in [-0.05, 0) is 19.1 Å². The molecule has 0 saturated heterocycles. The van der Waals surface area contributed by atoms with Crippen molar-refractivity contribution in [2.75, 3.05) is 11.9 Å². The normalized spacial score (nSPS) is 18.3. The standard InChI is InChI=1S/C16H15F4N3O4S/c1-7-6-27-14-10(28(25,26)22-7)5-23(2)13(14)16(24)21-9-4-3-8(17)11(12(9)18)15(19)20/h3-5,7,15,22H,6H2,1-2H3,(H,21,24)/t7-/m0/s1. The summed E-state index contributed by atoms with van der Waals surface area (Å²) in [6.07, 6.45) is -2.29. The van der Waals surface area contributed by atoms with E-state index in [1.807, 2.05) is 0 Å². The highest BCUT2D eigenvalue weighted by Crippen LogP contribution is 2.34. The molecular formula is C16H15F4N3O4S. The van der Waals surface area contributed by atoms with E-state index in [9.17, 15) is 30.8 Å². The molecule has 1 aromatic heterocycles. The second-order valence-corrected chi connectivity index (χ2v) is 7.88. The first kappa shape index (κ1) is 20.1. The average molecular weight is 421 g/mol. The Morgan fingerprint density at radius 2 is 2.04 bits per heavy atom. The number of carbonyl (C=O) groups is 1. The third-order valence-electron chi connectivity index (χ3n) is 4.03. The van der Waals surface area contributed by atoms with Crippen molar-refractivity contribution >= 4 is 21.6 Å². The maximum atomic E-state index is 14.2. The summed E-state index contributed by atoms with van der Waals surface area (Å²) in [5.41, 5.74) is -2.42. The molecule has 3 rings (SSSR count). The molecule has 0 aliphatic carbocycles. The van der Waals surface area contributed by atoms with Crippen LogP contribution in [0.4, 0.5) is 23.2 Å². The summed E-state index contributed by atoms with van der Waals surface area (Å²) in [4.78, 5) is 12.3. The van der Waals surface area contributed by atoms with Crippen molar-refractivity contribution in [1.82, 2.24) is 9.29 Å². The molecule has 1 atom stereocenters. The van der Waals surface area contributed by atoms with Gasteiger partial charge in [0.1, 0.15) is 17.3 Å². The third kappa shape index (κ3) is 3.44. The highest BCUT2D eigenvalue weighted by molar-refractivity contribution is 7.89. The molecule has 1 aromatic carbocycles. The van der Waals surface area contributed by atoms with Crippen LogP contribution in [0, 0.1) is 11.6 Å². The Hall–Kier alpha value is -2.60. The number of aromatic nitrogens is 1. The van der Waals surface area contributed by atoms with Gasteiger partial charge in [-0.25, -0.2) is 30.7 Å². The van der Waals surface area contributed by atoms with Gasteiger partial charge in [-0.15, -0.1) is 0 Å². The number of halogens is 4. The summed E-state index contributed by atoms with van der Waals surface area (Å²) in [6, 6.07) is 0.817. The molecule has 0 unspecified atom stereocenters. The van der Waals surface area contributed by atoms with E-state index in [0.717, 1.165) is 16.8 Å². The number of hydrogen-bond acceptors (Lipinski definition) is 4. The van der Waals surface area contributed by atoms with Gasteiger partial charge in [0.25, 0.3) is 12.3 Å². The molecule has 0 bridgehead atoms. The summed E-state index contributed by atoms with van der Waals surface area (Å²) < 4.78 is 86.9. The van der Waals surface area contributed by atoms with Gasteiger partial charge in [0.2, 0.25) is 10.0 Å². The highest BCUT2D eigenvalue weighted by atomic mass is 32.2. The highest BCUT2D eigenvalue weighted by Gasteiger charge is 2.34. The SMILES string of the molecule is C[C@H]1COc2c(cn(C)c2C(=O)Nc2ccc(F)c(C(F)F)c2F)S(=O)(=O)N1. The van der Waals surface area contributed by atoms with Gasteiger partial charge in [0.05, 0.1) is 17.3 Å². The Kier molecular flexibility index (Phi) is 5.10. The van der Waals surface area contributed by atoms with Gasteiger partial charge < -0.3 is 14.6 Å². The fourth-order valence-corrected chi connectivity index (χ4v) is 4.21. The van der Waals surface area contributed by atoms with E-state index in [0.29, 0.717) is 6.07 Å². The second kappa shape index (κ2) is 7.09. The molecule has 2 N–H and O–H groups in total. The average Bonchev–Trinajstić information content (AvgIpc) is 2.87. The van der Waals surface area contributed by atoms with Gasteiger partial charge in [0.15, 0.2) is 17.3 Å². The zero-order chi connectivity index (χ0) is 20.8. The molecule has 1 aliphatic heterocycles. The van der Waals surface area contributed by atoms with Crippen molar-refractivity contribution in [3.8, 4) is 5.75 Å². The van der Waals surface area contributed by atoms with Crippen molar-refractivity contribution in [3.63, 3.8) is 0 Å². The van der Waals surface area contributed by atoms with E-state index >= 15 is 0 Å². The van der Waals surface area contributed by atoms with Crippen LogP contribution in [0.3, 0.4) is 0 Å². The number of ether oxygens (including phenoxy) is 1. The fraction of sp³-hybridized carbons (Fsp3) is 0.312. The molecule has 2 heterocycles. The molecule has 0 fully saturated rings. The first-order valence-electron chi connectivity index (χ1n) is 7.94. The minimum absolute atomic E-state index is 0.0725. The second-order valence-electron chi connectivity index (χ2n) is 6.19. The van der Waals surface area contributed by atoms with Crippen molar-refractivity contribution in [2.24, 2.45) is 7.05 Å². The summed E-state index contributed by atoms with van der Waals surface area (Å²) in [5, 5.41) is 2.06. The maximum absolute atomic E-state index is 14.2. The lowest BCUT2D eigenvalue weighted by Gasteiger charge is -2.13. The number of hydrogen-bond donors (Lipinski definition) is 2. The number of nitrogens with one attached hydrogen (secondary N) is 2. The maximum Gasteiger partial charge on any atom is 0.276 e. The summed E-state index contributed by atoms with van der Waals surface area (Å²) >= 11 is 0. The van der Waals surface area contributed by atoms with E-state index in [1.165, 1.54) is 7.05 Å². The lowest BCUT2D eigenvalue weighted by atomic mass is 10.1. The first-order valence-corrected chi connectivity index (χ1v) is 9.43. The molecule has 1 amide bonds. The number of nitrogens with zero attached hydrogens (tertiary/aromatic N) is 1. The monoisotopic (exact) mass is 421 g/mol. The summed E-state index contributed by atoms with van der Waals surface area (Å²) in [6.45, 7) is 1.49. The van der Waals surface area contributed by atoms with Crippen LogP contribution in [-0.2, 0) is 17.1 Å². The zero-order valence-corrected chi connectivity index (χ0v) is 15.4. The van der Waals surface area contributed by atoms with Gasteiger partial charge in [-0.3, -0.25) is 4.79 Å². The molecular weight excluding hydrogens is 406 g/mol. The topological polar surface area (TPSA) is 89.4 Å². The lowest BCUT2D eigenvalue weighted by molar-refractivity contribution is 0.101. The number of benzene rings is 1. The van der Waals surface area contributed by atoms with E-state index < -0.39 is 51.3 Å².